The summed E-state index contributed by atoms with van der Waals surface area (Å²) in [6, 6.07) is 4.45. The number of benzene rings is 1. The van der Waals surface area contributed by atoms with Gasteiger partial charge >= 0.3 is 0 Å². The van der Waals surface area contributed by atoms with Gasteiger partial charge in [0.05, 0.1) is 20.9 Å². The summed E-state index contributed by atoms with van der Waals surface area (Å²) < 4.78 is 13.5. The lowest BCUT2D eigenvalue weighted by molar-refractivity contribution is 0.639. The quantitative estimate of drug-likeness (QED) is 0.730. The lowest BCUT2D eigenvalue weighted by Crippen LogP contribution is -1.92. The van der Waals surface area contributed by atoms with E-state index in [1.165, 1.54) is 12.1 Å². The monoisotopic (exact) mass is 243 g/mol. The Kier molecular flexibility index (Phi) is 2.81. The maximum absolute atomic E-state index is 13.5. The van der Waals surface area contributed by atoms with E-state index in [1.54, 1.807) is 6.07 Å². The number of nitrogens with zero attached hydrogens (tertiary/aromatic N) is 1. The van der Waals surface area contributed by atoms with Crippen LogP contribution in [0, 0.1) is 5.82 Å². The highest BCUT2D eigenvalue weighted by molar-refractivity contribution is 6.39. The molecule has 1 aromatic carbocycles. The average molecular weight is 244 g/mol. The van der Waals surface area contributed by atoms with Crippen LogP contribution in [-0.4, -0.2) is 4.98 Å². The molecule has 0 aliphatic heterocycles. The second-order valence-corrected chi connectivity index (χ2v) is 4.02. The highest BCUT2D eigenvalue weighted by atomic mass is 35.5. The van der Waals surface area contributed by atoms with E-state index >= 15 is 0 Å². The molecule has 2 aromatic rings. The molecule has 0 N–H and O–H groups in total. The van der Waals surface area contributed by atoms with Crippen molar-refractivity contribution < 1.29 is 4.39 Å². The SMILES string of the molecule is CCc1cc(Cl)c2c(F)ccc(Cl)c2n1. The Hall–Kier alpha value is -0.860. The largest absolute Gasteiger partial charge is 0.251 e. The maximum Gasteiger partial charge on any atom is 0.134 e. The molecular formula is C11H8Cl2FN. The van der Waals surface area contributed by atoms with Crippen LogP contribution in [0.1, 0.15) is 12.6 Å². The van der Waals surface area contributed by atoms with Crippen molar-refractivity contribution in [3.8, 4) is 0 Å². The summed E-state index contributed by atoms with van der Waals surface area (Å²) in [7, 11) is 0. The Labute approximate surface area is 96.8 Å². The van der Waals surface area contributed by atoms with Gasteiger partial charge in [-0.3, -0.25) is 4.98 Å². The molecule has 0 aliphatic rings. The molecule has 0 unspecified atom stereocenters. The predicted octanol–water partition coefficient (Wildman–Crippen LogP) is 4.24. The normalized spacial score (nSPS) is 10.9. The Bertz CT molecular complexity index is 525. The third kappa shape index (κ3) is 1.80. The third-order valence-corrected chi connectivity index (χ3v) is 2.83. The second-order valence-electron chi connectivity index (χ2n) is 3.20. The zero-order valence-electron chi connectivity index (χ0n) is 8.02. The summed E-state index contributed by atoms with van der Waals surface area (Å²) in [5.41, 5.74) is 1.24. The molecular weight excluding hydrogens is 236 g/mol. The van der Waals surface area contributed by atoms with Gasteiger partial charge < -0.3 is 0 Å². The van der Waals surface area contributed by atoms with Crippen molar-refractivity contribution in [3.63, 3.8) is 0 Å². The zero-order valence-corrected chi connectivity index (χ0v) is 9.53. The first-order valence-corrected chi connectivity index (χ1v) is 5.32. The molecule has 78 valence electrons. The minimum atomic E-state index is -0.394. The minimum Gasteiger partial charge on any atom is -0.251 e. The van der Waals surface area contributed by atoms with Crippen molar-refractivity contribution in [2.24, 2.45) is 0 Å². The van der Waals surface area contributed by atoms with Crippen LogP contribution >= 0.6 is 23.2 Å². The highest BCUT2D eigenvalue weighted by Gasteiger charge is 2.11. The Morgan fingerprint density at radius 1 is 1.27 bits per heavy atom. The molecule has 0 aliphatic carbocycles. The molecule has 15 heavy (non-hydrogen) atoms. The zero-order chi connectivity index (χ0) is 11.0. The summed E-state index contributed by atoms with van der Waals surface area (Å²) in [6.45, 7) is 1.96. The Morgan fingerprint density at radius 3 is 2.67 bits per heavy atom. The van der Waals surface area contributed by atoms with E-state index in [1.807, 2.05) is 6.92 Å². The highest BCUT2D eigenvalue weighted by Crippen LogP contribution is 2.30. The van der Waals surface area contributed by atoms with Crippen molar-refractivity contribution in [3.05, 3.63) is 39.8 Å². The topological polar surface area (TPSA) is 12.9 Å². The lowest BCUT2D eigenvalue weighted by Gasteiger charge is -2.05. The molecule has 2 rings (SSSR count). The van der Waals surface area contributed by atoms with Crippen LogP contribution in [0.2, 0.25) is 10.0 Å². The van der Waals surface area contributed by atoms with Crippen LogP contribution < -0.4 is 0 Å². The van der Waals surface area contributed by atoms with Crippen LogP contribution in [0.25, 0.3) is 10.9 Å². The van der Waals surface area contributed by atoms with E-state index in [4.69, 9.17) is 23.2 Å². The van der Waals surface area contributed by atoms with Crippen LogP contribution in [-0.2, 0) is 6.42 Å². The van der Waals surface area contributed by atoms with Crippen molar-refractivity contribution >= 4 is 34.1 Å². The van der Waals surface area contributed by atoms with Crippen molar-refractivity contribution in [1.82, 2.24) is 4.98 Å². The van der Waals surface area contributed by atoms with E-state index < -0.39 is 5.82 Å². The van der Waals surface area contributed by atoms with Gasteiger partial charge in [-0.2, -0.15) is 0 Å². The van der Waals surface area contributed by atoms with Crippen LogP contribution in [0.5, 0.6) is 0 Å². The molecule has 0 saturated carbocycles. The number of halogens is 3. The van der Waals surface area contributed by atoms with Gasteiger partial charge in [-0.05, 0) is 24.6 Å². The van der Waals surface area contributed by atoms with Gasteiger partial charge in [-0.15, -0.1) is 0 Å². The van der Waals surface area contributed by atoms with E-state index in [9.17, 15) is 4.39 Å². The fourth-order valence-electron chi connectivity index (χ4n) is 1.45. The molecule has 0 fully saturated rings. The van der Waals surface area contributed by atoms with Crippen LogP contribution in [0.15, 0.2) is 18.2 Å². The van der Waals surface area contributed by atoms with Gasteiger partial charge in [0.1, 0.15) is 5.82 Å². The number of hydrogen-bond acceptors (Lipinski definition) is 1. The van der Waals surface area contributed by atoms with Gasteiger partial charge in [0, 0.05) is 5.69 Å². The Balaban J connectivity index is 2.90. The molecule has 1 heterocycles. The van der Waals surface area contributed by atoms with Crippen LogP contribution in [0.4, 0.5) is 4.39 Å². The molecule has 1 aromatic heterocycles. The summed E-state index contributed by atoms with van der Waals surface area (Å²) in [4.78, 5) is 4.26. The summed E-state index contributed by atoms with van der Waals surface area (Å²) >= 11 is 11.9. The van der Waals surface area contributed by atoms with Crippen molar-refractivity contribution in [1.29, 1.82) is 0 Å². The number of pyridine rings is 1. The van der Waals surface area contributed by atoms with Crippen LogP contribution in [0.3, 0.4) is 0 Å². The second kappa shape index (κ2) is 3.95. The predicted molar refractivity (Wildman–Crippen MR) is 61.1 cm³/mol. The first kappa shape index (κ1) is 10.7. The molecule has 0 radical (unpaired) electrons. The van der Waals surface area contributed by atoms with Gasteiger partial charge in [0.15, 0.2) is 0 Å². The molecule has 0 amide bonds. The number of aryl methyl sites for hydroxylation is 1. The number of rotatable bonds is 1. The maximum atomic E-state index is 13.5. The number of hydrogen-bond donors (Lipinski definition) is 0. The molecule has 0 saturated heterocycles. The summed E-state index contributed by atoms with van der Waals surface area (Å²) in [5, 5.41) is 1.07. The third-order valence-electron chi connectivity index (χ3n) is 2.23. The van der Waals surface area contributed by atoms with E-state index in [2.05, 4.69) is 4.98 Å². The van der Waals surface area contributed by atoms with E-state index in [0.717, 1.165) is 12.1 Å². The lowest BCUT2D eigenvalue weighted by atomic mass is 10.1. The fraction of sp³-hybridized carbons (Fsp3) is 0.182. The van der Waals surface area contributed by atoms with E-state index in [-0.39, 0.29) is 0 Å². The van der Waals surface area contributed by atoms with E-state index in [0.29, 0.717) is 20.9 Å². The fourth-order valence-corrected chi connectivity index (χ4v) is 1.96. The first-order valence-electron chi connectivity index (χ1n) is 4.56. The number of aromatic nitrogens is 1. The summed E-state index contributed by atoms with van der Waals surface area (Å²) in [5.74, 6) is -0.394. The van der Waals surface area contributed by atoms with Gasteiger partial charge in [0.25, 0.3) is 0 Å². The van der Waals surface area contributed by atoms with Crippen molar-refractivity contribution in [2.45, 2.75) is 13.3 Å². The minimum absolute atomic E-state index is 0.293. The standard InChI is InChI=1S/C11H8Cl2FN/c1-2-6-5-8(13)10-9(14)4-3-7(12)11(10)15-6/h3-5H,2H2,1H3. The van der Waals surface area contributed by atoms with Gasteiger partial charge in [-0.25, -0.2) is 4.39 Å². The average Bonchev–Trinajstić information content (AvgIpc) is 2.23. The van der Waals surface area contributed by atoms with Gasteiger partial charge in [-0.1, -0.05) is 30.1 Å². The Morgan fingerprint density at radius 2 is 2.00 bits per heavy atom. The molecule has 0 atom stereocenters. The summed E-state index contributed by atoms with van der Waals surface area (Å²) in [6.07, 6.45) is 0.739. The first-order chi connectivity index (χ1) is 7.13. The molecule has 0 bridgehead atoms. The number of fused-ring (bicyclic) bond motifs is 1. The molecule has 4 heteroatoms. The van der Waals surface area contributed by atoms with Gasteiger partial charge in [0.2, 0.25) is 0 Å². The smallest absolute Gasteiger partial charge is 0.134 e. The molecule has 0 spiro atoms. The van der Waals surface area contributed by atoms with Crippen molar-refractivity contribution in [2.75, 3.05) is 0 Å². The molecule has 1 nitrogen and oxygen atoms in total.